The maximum absolute atomic E-state index is 10.7. The summed E-state index contributed by atoms with van der Waals surface area (Å²) < 4.78 is 5.36. The van der Waals surface area contributed by atoms with Gasteiger partial charge >= 0.3 is 0 Å². The molecule has 0 aliphatic rings. The van der Waals surface area contributed by atoms with Crippen LogP contribution in [0.2, 0.25) is 0 Å². The van der Waals surface area contributed by atoms with Gasteiger partial charge in [0, 0.05) is 17.1 Å². The Morgan fingerprint density at radius 1 is 1.17 bits per heavy atom. The molecule has 0 amide bonds. The minimum Gasteiger partial charge on any atom is -0.505 e. The Bertz CT molecular complexity index is 846. The summed E-state index contributed by atoms with van der Waals surface area (Å²) in [6, 6.07) is 13.6. The normalized spacial score (nSPS) is 12.3. The van der Waals surface area contributed by atoms with E-state index in [-0.39, 0.29) is 11.8 Å². The van der Waals surface area contributed by atoms with E-state index in [1.54, 1.807) is 13.3 Å². The highest BCUT2D eigenvalue weighted by Gasteiger charge is 2.19. The van der Waals surface area contributed by atoms with Gasteiger partial charge in [0.15, 0.2) is 0 Å². The lowest BCUT2D eigenvalue weighted by Gasteiger charge is -2.20. The Morgan fingerprint density at radius 3 is 2.74 bits per heavy atom. The molecule has 3 rings (SSSR count). The van der Waals surface area contributed by atoms with Crippen molar-refractivity contribution in [2.75, 3.05) is 14.2 Å². The summed E-state index contributed by atoms with van der Waals surface area (Å²) in [5.41, 5.74) is 3.56. The van der Waals surface area contributed by atoms with Crippen molar-refractivity contribution in [1.82, 2.24) is 10.3 Å². The van der Waals surface area contributed by atoms with Gasteiger partial charge < -0.3 is 15.2 Å². The number of benzene rings is 2. The van der Waals surface area contributed by atoms with Crippen LogP contribution in [0.5, 0.6) is 11.5 Å². The van der Waals surface area contributed by atoms with Gasteiger partial charge in [-0.25, -0.2) is 0 Å². The Labute approximate surface area is 135 Å². The number of hydrogen-bond acceptors (Lipinski definition) is 4. The molecule has 1 atom stereocenters. The van der Waals surface area contributed by atoms with Crippen molar-refractivity contribution < 1.29 is 9.84 Å². The molecule has 0 aliphatic heterocycles. The maximum Gasteiger partial charge on any atom is 0.146 e. The molecule has 1 unspecified atom stereocenters. The first-order valence-corrected chi connectivity index (χ1v) is 7.53. The summed E-state index contributed by atoms with van der Waals surface area (Å²) in [5.74, 6) is 1.02. The monoisotopic (exact) mass is 308 g/mol. The largest absolute Gasteiger partial charge is 0.505 e. The van der Waals surface area contributed by atoms with Gasteiger partial charge in [0.1, 0.15) is 17.0 Å². The first kappa shape index (κ1) is 15.3. The number of methoxy groups -OCH3 is 1. The number of phenolic OH excluding ortho intramolecular Hbond substituents is 1. The number of nitrogens with zero attached hydrogens (tertiary/aromatic N) is 1. The van der Waals surface area contributed by atoms with Crippen LogP contribution in [0.15, 0.2) is 48.7 Å². The molecular weight excluding hydrogens is 288 g/mol. The third kappa shape index (κ3) is 2.85. The van der Waals surface area contributed by atoms with Gasteiger partial charge in [-0.2, -0.15) is 0 Å². The van der Waals surface area contributed by atoms with Crippen LogP contribution in [0.3, 0.4) is 0 Å². The van der Waals surface area contributed by atoms with Crippen LogP contribution in [0.1, 0.15) is 22.7 Å². The van der Waals surface area contributed by atoms with Crippen LogP contribution in [0, 0.1) is 6.92 Å². The number of aryl methyl sites for hydroxylation is 1. The van der Waals surface area contributed by atoms with Crippen LogP contribution in [0.4, 0.5) is 0 Å². The molecule has 23 heavy (non-hydrogen) atoms. The van der Waals surface area contributed by atoms with Crippen molar-refractivity contribution >= 4 is 10.9 Å². The smallest absolute Gasteiger partial charge is 0.146 e. The Balaban J connectivity index is 2.15. The average Bonchev–Trinajstić information content (AvgIpc) is 2.57. The predicted molar refractivity (Wildman–Crippen MR) is 92.0 cm³/mol. The van der Waals surface area contributed by atoms with Crippen molar-refractivity contribution in [1.29, 1.82) is 0 Å². The van der Waals surface area contributed by atoms with Gasteiger partial charge in [0.2, 0.25) is 0 Å². The van der Waals surface area contributed by atoms with Crippen molar-refractivity contribution in [3.05, 3.63) is 65.4 Å². The van der Waals surface area contributed by atoms with Gasteiger partial charge in [0.05, 0.1) is 13.2 Å². The first-order chi connectivity index (χ1) is 11.1. The summed E-state index contributed by atoms with van der Waals surface area (Å²) in [6.07, 6.45) is 1.69. The van der Waals surface area contributed by atoms with E-state index in [0.29, 0.717) is 5.52 Å². The van der Waals surface area contributed by atoms with Crippen LogP contribution >= 0.6 is 0 Å². The van der Waals surface area contributed by atoms with Crippen molar-refractivity contribution in [2.24, 2.45) is 0 Å². The molecule has 2 N–H and O–H groups in total. The first-order valence-electron chi connectivity index (χ1n) is 7.53. The van der Waals surface area contributed by atoms with E-state index < -0.39 is 0 Å². The Kier molecular flexibility index (Phi) is 4.17. The minimum absolute atomic E-state index is 0.143. The predicted octanol–water partition coefficient (Wildman–Crippen LogP) is 3.57. The molecule has 0 fully saturated rings. The van der Waals surface area contributed by atoms with Crippen LogP contribution in [-0.4, -0.2) is 24.2 Å². The van der Waals surface area contributed by atoms with E-state index >= 15 is 0 Å². The molecule has 4 nitrogen and oxygen atoms in total. The van der Waals surface area contributed by atoms with E-state index in [2.05, 4.69) is 16.4 Å². The standard InChI is InChI=1S/C19H20N2O2/c1-12-9-14(11-15(10-12)23-3)17(20-2)16-7-6-13-5-4-8-21-18(13)19(16)22/h4-11,17,20,22H,1-3H3. The highest BCUT2D eigenvalue weighted by atomic mass is 16.5. The number of hydrogen-bond donors (Lipinski definition) is 2. The maximum atomic E-state index is 10.7. The second-order valence-corrected chi connectivity index (χ2v) is 5.58. The van der Waals surface area contributed by atoms with Crippen molar-refractivity contribution in [3.8, 4) is 11.5 Å². The molecule has 118 valence electrons. The number of phenols is 1. The molecule has 0 aliphatic carbocycles. The highest BCUT2D eigenvalue weighted by molar-refractivity contribution is 5.85. The van der Waals surface area contributed by atoms with E-state index in [9.17, 15) is 5.11 Å². The molecule has 1 aromatic heterocycles. The lowest BCUT2D eigenvalue weighted by Crippen LogP contribution is -2.18. The summed E-state index contributed by atoms with van der Waals surface area (Å²) in [6.45, 7) is 2.03. The second-order valence-electron chi connectivity index (χ2n) is 5.58. The Hall–Kier alpha value is -2.59. The topological polar surface area (TPSA) is 54.4 Å². The SMILES string of the molecule is CNC(c1cc(C)cc(OC)c1)c1ccc2cccnc2c1O. The van der Waals surface area contributed by atoms with Crippen LogP contribution in [0.25, 0.3) is 10.9 Å². The molecule has 0 spiro atoms. The highest BCUT2D eigenvalue weighted by Crippen LogP contribution is 2.35. The van der Waals surface area contributed by atoms with Gasteiger partial charge in [-0.3, -0.25) is 4.98 Å². The molecule has 0 saturated carbocycles. The molecule has 1 heterocycles. The minimum atomic E-state index is -0.143. The molecule has 0 bridgehead atoms. The fraction of sp³-hybridized carbons (Fsp3) is 0.211. The molecule has 4 heteroatoms. The number of nitrogens with one attached hydrogen (secondary N) is 1. The van der Waals surface area contributed by atoms with Gasteiger partial charge in [0.25, 0.3) is 0 Å². The van der Waals surface area contributed by atoms with E-state index in [1.165, 1.54) is 0 Å². The quantitative estimate of drug-likeness (QED) is 0.773. The summed E-state index contributed by atoms with van der Waals surface area (Å²) in [5, 5.41) is 14.9. The van der Waals surface area contributed by atoms with Crippen molar-refractivity contribution in [2.45, 2.75) is 13.0 Å². The zero-order chi connectivity index (χ0) is 16.4. The van der Waals surface area contributed by atoms with E-state index in [1.807, 2.05) is 50.4 Å². The summed E-state index contributed by atoms with van der Waals surface area (Å²) >= 11 is 0. The molecule has 2 aromatic carbocycles. The third-order valence-corrected chi connectivity index (χ3v) is 4.02. The molecule has 0 radical (unpaired) electrons. The van der Waals surface area contributed by atoms with Crippen LogP contribution in [-0.2, 0) is 0 Å². The average molecular weight is 308 g/mol. The van der Waals surface area contributed by atoms with Gasteiger partial charge in [-0.05, 0) is 43.3 Å². The lowest BCUT2D eigenvalue weighted by atomic mass is 9.95. The lowest BCUT2D eigenvalue weighted by molar-refractivity contribution is 0.413. The number of pyridine rings is 1. The van der Waals surface area contributed by atoms with Crippen LogP contribution < -0.4 is 10.1 Å². The summed E-state index contributed by atoms with van der Waals surface area (Å²) in [4.78, 5) is 4.30. The molecule has 3 aromatic rings. The number of fused-ring (bicyclic) bond motifs is 1. The number of aromatic nitrogens is 1. The fourth-order valence-electron chi connectivity index (χ4n) is 2.94. The zero-order valence-corrected chi connectivity index (χ0v) is 13.5. The zero-order valence-electron chi connectivity index (χ0n) is 13.5. The number of ether oxygens (including phenoxy) is 1. The second kappa shape index (κ2) is 6.26. The van der Waals surface area contributed by atoms with E-state index in [4.69, 9.17) is 4.74 Å². The molecule has 0 saturated heterocycles. The summed E-state index contributed by atoms with van der Waals surface area (Å²) in [7, 11) is 3.53. The third-order valence-electron chi connectivity index (χ3n) is 4.02. The molecular formula is C19H20N2O2. The number of rotatable bonds is 4. The fourth-order valence-corrected chi connectivity index (χ4v) is 2.94. The number of aromatic hydroxyl groups is 1. The van der Waals surface area contributed by atoms with Gasteiger partial charge in [-0.1, -0.05) is 24.3 Å². The van der Waals surface area contributed by atoms with Gasteiger partial charge in [-0.15, -0.1) is 0 Å². The van der Waals surface area contributed by atoms with E-state index in [0.717, 1.165) is 27.8 Å². The Morgan fingerprint density at radius 2 is 2.00 bits per heavy atom. The van der Waals surface area contributed by atoms with Crippen molar-refractivity contribution in [3.63, 3.8) is 0 Å².